The molecule has 0 aliphatic carbocycles. The molecule has 128 valence electrons. The highest BCUT2D eigenvalue weighted by atomic mass is 19.3. The van der Waals surface area contributed by atoms with Gasteiger partial charge in [0, 0.05) is 25.9 Å². The molecule has 0 aromatic carbocycles. The molecule has 2 amide bonds. The third-order valence-electron chi connectivity index (χ3n) is 3.29. The largest absolute Gasteiger partial charge is 0.467 e. The summed E-state index contributed by atoms with van der Waals surface area (Å²) in [5.41, 5.74) is 0. The van der Waals surface area contributed by atoms with Crippen molar-refractivity contribution in [2.24, 2.45) is 5.92 Å². The highest BCUT2D eigenvalue weighted by molar-refractivity contribution is 5.83. The molecule has 1 heterocycles. The average molecular weight is 322 g/mol. The highest BCUT2D eigenvalue weighted by Crippen LogP contribution is 2.28. The summed E-state index contributed by atoms with van der Waals surface area (Å²) in [6.45, 7) is 4.85. The zero-order valence-electron chi connectivity index (χ0n) is 13.2. The summed E-state index contributed by atoms with van der Waals surface area (Å²) in [4.78, 5) is 25.2. The number of amides is 2. The first-order chi connectivity index (χ1) is 10.2. The van der Waals surface area contributed by atoms with Gasteiger partial charge in [-0.15, -0.1) is 0 Å². The van der Waals surface area contributed by atoms with Crippen molar-refractivity contribution >= 4 is 12.0 Å². The van der Waals surface area contributed by atoms with Crippen LogP contribution in [0.5, 0.6) is 0 Å². The van der Waals surface area contributed by atoms with Gasteiger partial charge < -0.3 is 19.7 Å². The molecule has 0 saturated carbocycles. The van der Waals surface area contributed by atoms with E-state index in [1.807, 2.05) is 0 Å². The molecule has 0 bridgehead atoms. The molecule has 6 nitrogen and oxygen atoms in total. The van der Waals surface area contributed by atoms with Crippen molar-refractivity contribution in [2.45, 2.75) is 38.7 Å². The third kappa shape index (κ3) is 6.13. The molecule has 1 saturated heterocycles. The van der Waals surface area contributed by atoms with Gasteiger partial charge in [-0.2, -0.15) is 0 Å². The number of hydrogen-bond donors (Lipinski definition) is 1. The van der Waals surface area contributed by atoms with Gasteiger partial charge in [0.25, 0.3) is 5.92 Å². The first-order valence-corrected chi connectivity index (χ1v) is 7.34. The number of rotatable bonds is 6. The summed E-state index contributed by atoms with van der Waals surface area (Å²) >= 11 is 0. The lowest BCUT2D eigenvalue weighted by Crippen LogP contribution is -2.52. The second-order valence-corrected chi connectivity index (χ2v) is 5.78. The SMILES string of the molecule is COC(=O)[C@H](CC(F)(F)CC(C)C)NC(=O)N1CCOCC1. The first kappa shape index (κ1) is 18.6. The molecule has 8 heteroatoms. The molecular formula is C14H24F2N2O4. The van der Waals surface area contributed by atoms with Gasteiger partial charge in [-0.05, 0) is 5.92 Å². The lowest BCUT2D eigenvalue weighted by molar-refractivity contribution is -0.146. The van der Waals surface area contributed by atoms with Gasteiger partial charge in [-0.1, -0.05) is 13.8 Å². The fourth-order valence-corrected chi connectivity index (χ4v) is 2.32. The van der Waals surface area contributed by atoms with E-state index in [9.17, 15) is 18.4 Å². The molecule has 22 heavy (non-hydrogen) atoms. The summed E-state index contributed by atoms with van der Waals surface area (Å²) in [7, 11) is 1.11. The Bertz CT molecular complexity index is 385. The second kappa shape index (κ2) is 8.26. The Kier molecular flexibility index (Phi) is 6.99. The lowest BCUT2D eigenvalue weighted by Gasteiger charge is -2.30. The van der Waals surface area contributed by atoms with Crippen molar-refractivity contribution in [2.75, 3.05) is 33.4 Å². The standard InChI is InChI=1S/C14H24F2N2O4/c1-10(2)8-14(15,16)9-11(12(19)21-3)17-13(20)18-4-6-22-7-5-18/h10-11H,4-9H2,1-3H3,(H,17,20)/t11-/m0/s1. The molecule has 0 aromatic heterocycles. The Labute approximate surface area is 129 Å². The molecular weight excluding hydrogens is 298 g/mol. The van der Waals surface area contributed by atoms with Crippen molar-refractivity contribution in [1.29, 1.82) is 0 Å². The van der Waals surface area contributed by atoms with Crippen LogP contribution in [0, 0.1) is 5.92 Å². The lowest BCUT2D eigenvalue weighted by atomic mass is 9.99. The van der Waals surface area contributed by atoms with E-state index >= 15 is 0 Å². The molecule has 1 atom stereocenters. The van der Waals surface area contributed by atoms with Crippen molar-refractivity contribution in [1.82, 2.24) is 10.2 Å². The molecule has 1 N–H and O–H groups in total. The number of methoxy groups -OCH3 is 1. The van der Waals surface area contributed by atoms with Crippen LogP contribution < -0.4 is 5.32 Å². The van der Waals surface area contributed by atoms with Gasteiger partial charge >= 0.3 is 12.0 Å². The van der Waals surface area contributed by atoms with E-state index in [-0.39, 0.29) is 12.3 Å². The maximum absolute atomic E-state index is 13.9. The minimum Gasteiger partial charge on any atom is -0.467 e. The van der Waals surface area contributed by atoms with Crippen LogP contribution in [0.4, 0.5) is 13.6 Å². The molecule has 1 aliphatic heterocycles. The van der Waals surface area contributed by atoms with Crippen LogP contribution in [0.1, 0.15) is 26.7 Å². The Balaban J connectivity index is 2.67. The van der Waals surface area contributed by atoms with Gasteiger partial charge in [0.1, 0.15) is 6.04 Å². The van der Waals surface area contributed by atoms with Crippen LogP contribution in [0.3, 0.4) is 0 Å². The zero-order valence-corrected chi connectivity index (χ0v) is 13.2. The van der Waals surface area contributed by atoms with E-state index in [1.54, 1.807) is 13.8 Å². The number of alkyl halides is 2. The van der Waals surface area contributed by atoms with Crippen molar-refractivity contribution in [3.8, 4) is 0 Å². The van der Waals surface area contributed by atoms with E-state index in [0.29, 0.717) is 26.3 Å². The maximum Gasteiger partial charge on any atom is 0.328 e. The number of nitrogens with one attached hydrogen (secondary N) is 1. The summed E-state index contributed by atoms with van der Waals surface area (Å²) < 4.78 is 37.5. The molecule has 1 rings (SSSR count). The van der Waals surface area contributed by atoms with Gasteiger partial charge in [0.2, 0.25) is 0 Å². The Hall–Kier alpha value is -1.44. The van der Waals surface area contributed by atoms with E-state index < -0.39 is 30.4 Å². The van der Waals surface area contributed by atoms with Crippen molar-refractivity contribution in [3.05, 3.63) is 0 Å². The molecule has 0 unspecified atom stereocenters. The van der Waals surface area contributed by atoms with Crippen LogP contribution in [0.25, 0.3) is 0 Å². The number of carbonyl (C=O) groups is 2. The number of carbonyl (C=O) groups excluding carboxylic acids is 2. The van der Waals surface area contributed by atoms with E-state index in [0.717, 1.165) is 7.11 Å². The normalized spacial score (nSPS) is 17.3. The number of hydrogen-bond acceptors (Lipinski definition) is 4. The molecule has 1 aliphatic rings. The number of ether oxygens (including phenoxy) is 2. The molecule has 0 spiro atoms. The topological polar surface area (TPSA) is 67.9 Å². The number of nitrogens with zero attached hydrogens (tertiary/aromatic N) is 1. The van der Waals surface area contributed by atoms with Gasteiger partial charge in [-0.3, -0.25) is 0 Å². The Morgan fingerprint density at radius 2 is 1.86 bits per heavy atom. The van der Waals surface area contributed by atoms with E-state index in [1.165, 1.54) is 4.90 Å². The maximum atomic E-state index is 13.9. The summed E-state index contributed by atoms with van der Waals surface area (Å²) in [6, 6.07) is -1.92. The van der Waals surface area contributed by atoms with Crippen LogP contribution in [-0.4, -0.2) is 62.3 Å². The van der Waals surface area contributed by atoms with Crippen LogP contribution >= 0.6 is 0 Å². The number of esters is 1. The zero-order chi connectivity index (χ0) is 16.8. The minimum atomic E-state index is -3.05. The fraction of sp³-hybridized carbons (Fsp3) is 0.857. The predicted octanol–water partition coefficient (Wildman–Crippen LogP) is 1.64. The van der Waals surface area contributed by atoms with Gasteiger partial charge in [0.15, 0.2) is 0 Å². The first-order valence-electron chi connectivity index (χ1n) is 7.34. The summed E-state index contributed by atoms with van der Waals surface area (Å²) in [5.74, 6) is -4.14. The monoisotopic (exact) mass is 322 g/mol. The minimum absolute atomic E-state index is 0.219. The molecule has 0 aromatic rings. The highest BCUT2D eigenvalue weighted by Gasteiger charge is 2.38. The van der Waals surface area contributed by atoms with Crippen LogP contribution in [0.2, 0.25) is 0 Å². The number of morpholine rings is 1. The second-order valence-electron chi connectivity index (χ2n) is 5.78. The fourth-order valence-electron chi connectivity index (χ4n) is 2.32. The molecule has 1 fully saturated rings. The molecule has 0 radical (unpaired) electrons. The number of halogens is 2. The van der Waals surface area contributed by atoms with Crippen molar-refractivity contribution in [3.63, 3.8) is 0 Å². The van der Waals surface area contributed by atoms with Crippen molar-refractivity contribution < 1.29 is 27.8 Å². The summed E-state index contributed by atoms with van der Waals surface area (Å²) in [5, 5.41) is 2.34. The average Bonchev–Trinajstić information content (AvgIpc) is 2.44. The Morgan fingerprint density at radius 1 is 1.27 bits per heavy atom. The van der Waals surface area contributed by atoms with E-state index in [2.05, 4.69) is 10.1 Å². The van der Waals surface area contributed by atoms with Gasteiger partial charge in [-0.25, -0.2) is 18.4 Å². The van der Waals surface area contributed by atoms with Gasteiger partial charge in [0.05, 0.1) is 20.3 Å². The van der Waals surface area contributed by atoms with Crippen LogP contribution in [0.15, 0.2) is 0 Å². The van der Waals surface area contributed by atoms with E-state index in [4.69, 9.17) is 4.74 Å². The smallest absolute Gasteiger partial charge is 0.328 e. The predicted molar refractivity (Wildman–Crippen MR) is 75.7 cm³/mol. The number of urea groups is 1. The van der Waals surface area contributed by atoms with Crippen LogP contribution in [-0.2, 0) is 14.3 Å². The third-order valence-corrected chi connectivity index (χ3v) is 3.29. The quantitative estimate of drug-likeness (QED) is 0.755. The summed E-state index contributed by atoms with van der Waals surface area (Å²) in [6.07, 6.45) is -1.12. The Morgan fingerprint density at radius 3 is 2.36 bits per heavy atom.